The zero-order valence-corrected chi connectivity index (χ0v) is 12.9. The summed E-state index contributed by atoms with van der Waals surface area (Å²) >= 11 is 5.17. The van der Waals surface area contributed by atoms with Crippen LogP contribution in [0.25, 0.3) is 0 Å². The Morgan fingerprint density at radius 1 is 1.52 bits per heavy atom. The second kappa shape index (κ2) is 7.03. The number of aryl methyl sites for hydroxylation is 1. The number of H-pyrrole nitrogens is 1. The van der Waals surface area contributed by atoms with E-state index in [0.717, 1.165) is 30.7 Å². The van der Waals surface area contributed by atoms with Crippen LogP contribution in [0, 0.1) is 4.77 Å². The molecule has 0 aliphatic heterocycles. The predicted octanol–water partition coefficient (Wildman–Crippen LogP) is 2.88. The molecule has 1 heterocycles. The average molecular weight is 306 g/mol. The lowest BCUT2D eigenvalue weighted by molar-refractivity contribution is 0.373. The van der Waals surface area contributed by atoms with Gasteiger partial charge in [-0.3, -0.25) is 5.10 Å². The zero-order chi connectivity index (χ0) is 15.2. The van der Waals surface area contributed by atoms with E-state index in [-0.39, 0.29) is 5.75 Å². The molecule has 2 rings (SSSR count). The quantitative estimate of drug-likeness (QED) is 0.635. The number of nitrogens with one attached hydrogen (secondary N) is 1. The summed E-state index contributed by atoms with van der Waals surface area (Å²) in [6.45, 7) is 2.12. The van der Waals surface area contributed by atoms with Gasteiger partial charge in [-0.15, -0.1) is 0 Å². The van der Waals surface area contributed by atoms with Crippen molar-refractivity contribution in [2.45, 2.75) is 26.2 Å². The molecule has 112 valence electrons. The fraction of sp³-hybridized carbons (Fsp3) is 0.357. The molecule has 0 fully saturated rings. The summed E-state index contributed by atoms with van der Waals surface area (Å²) < 4.78 is 7.06. The minimum atomic E-state index is 0.0726. The summed E-state index contributed by atoms with van der Waals surface area (Å²) in [6.07, 6.45) is 4.54. The molecule has 2 N–H and O–H groups in total. The summed E-state index contributed by atoms with van der Waals surface area (Å²) in [7, 11) is 1.51. The molecule has 0 unspecified atom stereocenters. The number of ether oxygens (including phenoxy) is 1. The van der Waals surface area contributed by atoms with Crippen LogP contribution in [0.1, 0.15) is 31.2 Å². The average Bonchev–Trinajstić information content (AvgIpc) is 2.83. The number of aromatic amines is 1. The fourth-order valence-corrected chi connectivity index (χ4v) is 2.05. The largest absolute Gasteiger partial charge is 0.504 e. The Morgan fingerprint density at radius 2 is 2.33 bits per heavy atom. The lowest BCUT2D eigenvalue weighted by Gasteiger charge is -2.03. The first-order valence-corrected chi connectivity index (χ1v) is 7.14. The Kier molecular flexibility index (Phi) is 5.10. The SMILES string of the molecule is CCCCc1n[nH]c(=S)n1/N=C/c1ccc(OC)c(O)c1. The maximum absolute atomic E-state index is 9.74. The molecule has 0 spiro atoms. The topological polar surface area (TPSA) is 75.4 Å². The molecule has 0 aliphatic rings. The number of nitrogens with zero attached hydrogens (tertiary/aromatic N) is 3. The van der Waals surface area contributed by atoms with Gasteiger partial charge in [-0.1, -0.05) is 13.3 Å². The van der Waals surface area contributed by atoms with Gasteiger partial charge in [-0.2, -0.15) is 14.9 Å². The van der Waals surface area contributed by atoms with Crippen LogP contribution in [0.3, 0.4) is 0 Å². The van der Waals surface area contributed by atoms with Crippen LogP contribution >= 0.6 is 12.2 Å². The summed E-state index contributed by atoms with van der Waals surface area (Å²) in [4.78, 5) is 0. The van der Waals surface area contributed by atoms with Crippen LogP contribution in [-0.2, 0) is 6.42 Å². The van der Waals surface area contributed by atoms with Crippen LogP contribution in [0.2, 0.25) is 0 Å². The molecule has 7 heteroatoms. The van der Waals surface area contributed by atoms with E-state index in [2.05, 4.69) is 22.2 Å². The molecule has 21 heavy (non-hydrogen) atoms. The Morgan fingerprint density at radius 3 is 3.00 bits per heavy atom. The second-order valence-corrected chi connectivity index (χ2v) is 4.92. The highest BCUT2D eigenvalue weighted by Crippen LogP contribution is 2.25. The van der Waals surface area contributed by atoms with E-state index in [4.69, 9.17) is 17.0 Å². The highest BCUT2D eigenvalue weighted by molar-refractivity contribution is 7.71. The van der Waals surface area contributed by atoms with Crippen molar-refractivity contribution in [2.24, 2.45) is 5.10 Å². The molecule has 0 saturated heterocycles. The van der Waals surface area contributed by atoms with E-state index in [1.54, 1.807) is 29.1 Å². The van der Waals surface area contributed by atoms with Crippen molar-refractivity contribution in [1.29, 1.82) is 0 Å². The fourth-order valence-electron chi connectivity index (χ4n) is 1.85. The number of hydrogen-bond acceptors (Lipinski definition) is 5. The maximum Gasteiger partial charge on any atom is 0.216 e. The predicted molar refractivity (Wildman–Crippen MR) is 83.7 cm³/mol. The third-order valence-corrected chi connectivity index (χ3v) is 3.26. The van der Waals surface area contributed by atoms with Crippen molar-refractivity contribution >= 4 is 18.4 Å². The van der Waals surface area contributed by atoms with Crippen LogP contribution in [0.4, 0.5) is 0 Å². The van der Waals surface area contributed by atoms with E-state index < -0.39 is 0 Å². The van der Waals surface area contributed by atoms with Crippen molar-refractivity contribution in [2.75, 3.05) is 7.11 Å². The van der Waals surface area contributed by atoms with Crippen molar-refractivity contribution < 1.29 is 9.84 Å². The number of benzene rings is 1. The minimum Gasteiger partial charge on any atom is -0.504 e. The van der Waals surface area contributed by atoms with Gasteiger partial charge in [0.2, 0.25) is 4.77 Å². The molecule has 0 saturated carbocycles. The Bertz CT molecular complexity index is 691. The van der Waals surface area contributed by atoms with Crippen molar-refractivity contribution in [1.82, 2.24) is 14.9 Å². The first kappa shape index (κ1) is 15.2. The van der Waals surface area contributed by atoms with E-state index in [0.29, 0.717) is 10.5 Å². The molecule has 2 aromatic rings. The van der Waals surface area contributed by atoms with E-state index in [1.165, 1.54) is 7.11 Å². The standard InChI is InChI=1S/C14H18N4O2S/c1-3-4-5-13-16-17-14(21)18(13)15-9-10-6-7-12(20-2)11(19)8-10/h6-9,19H,3-5H2,1-2H3,(H,17,21)/b15-9+. The van der Waals surface area contributed by atoms with Gasteiger partial charge in [0.05, 0.1) is 13.3 Å². The minimum absolute atomic E-state index is 0.0726. The smallest absolute Gasteiger partial charge is 0.216 e. The summed E-state index contributed by atoms with van der Waals surface area (Å²) in [5.74, 6) is 1.30. The molecule has 0 radical (unpaired) electrons. The summed E-state index contributed by atoms with van der Waals surface area (Å²) in [5.41, 5.74) is 0.748. The third kappa shape index (κ3) is 3.69. The normalized spacial score (nSPS) is 11.1. The van der Waals surface area contributed by atoms with E-state index >= 15 is 0 Å². The molecule has 0 bridgehead atoms. The van der Waals surface area contributed by atoms with Crippen LogP contribution in [0.15, 0.2) is 23.3 Å². The van der Waals surface area contributed by atoms with E-state index in [9.17, 15) is 5.11 Å². The summed E-state index contributed by atoms with van der Waals surface area (Å²) in [5, 5.41) is 21.0. The molecule has 0 amide bonds. The van der Waals surface area contributed by atoms with Gasteiger partial charge in [0.15, 0.2) is 17.3 Å². The van der Waals surface area contributed by atoms with Gasteiger partial charge in [0, 0.05) is 6.42 Å². The number of aromatic nitrogens is 3. The Labute approximate surface area is 128 Å². The van der Waals surface area contributed by atoms with Gasteiger partial charge >= 0.3 is 0 Å². The molecular formula is C14H18N4O2S. The maximum atomic E-state index is 9.74. The summed E-state index contributed by atoms with van der Waals surface area (Å²) in [6, 6.07) is 5.07. The van der Waals surface area contributed by atoms with Gasteiger partial charge in [0.25, 0.3) is 0 Å². The van der Waals surface area contributed by atoms with Crippen molar-refractivity contribution in [3.63, 3.8) is 0 Å². The number of rotatable bonds is 6. The number of phenolic OH excluding ortho intramolecular Hbond substituents is 1. The number of phenols is 1. The lowest BCUT2D eigenvalue weighted by Crippen LogP contribution is -1.99. The van der Waals surface area contributed by atoms with E-state index in [1.807, 2.05) is 0 Å². The van der Waals surface area contributed by atoms with Crippen molar-refractivity contribution in [3.05, 3.63) is 34.4 Å². The molecule has 1 aromatic heterocycles. The highest BCUT2D eigenvalue weighted by atomic mass is 32.1. The highest BCUT2D eigenvalue weighted by Gasteiger charge is 2.05. The number of aromatic hydroxyl groups is 1. The molecule has 6 nitrogen and oxygen atoms in total. The Balaban J connectivity index is 2.23. The zero-order valence-electron chi connectivity index (χ0n) is 12.0. The Hall–Kier alpha value is -2.15. The van der Waals surface area contributed by atoms with Gasteiger partial charge < -0.3 is 9.84 Å². The molecule has 0 aliphatic carbocycles. The van der Waals surface area contributed by atoms with Gasteiger partial charge in [0.1, 0.15) is 0 Å². The number of methoxy groups -OCH3 is 1. The van der Waals surface area contributed by atoms with Crippen molar-refractivity contribution in [3.8, 4) is 11.5 Å². The van der Waals surface area contributed by atoms with Gasteiger partial charge in [-0.25, -0.2) is 0 Å². The second-order valence-electron chi connectivity index (χ2n) is 4.54. The molecule has 1 aromatic carbocycles. The molecular weight excluding hydrogens is 288 g/mol. The van der Waals surface area contributed by atoms with Crippen LogP contribution in [-0.4, -0.2) is 33.3 Å². The monoisotopic (exact) mass is 306 g/mol. The van der Waals surface area contributed by atoms with Crippen LogP contribution in [0.5, 0.6) is 11.5 Å². The lowest BCUT2D eigenvalue weighted by atomic mass is 10.2. The first-order chi connectivity index (χ1) is 10.2. The first-order valence-electron chi connectivity index (χ1n) is 6.73. The van der Waals surface area contributed by atoms with Gasteiger partial charge in [-0.05, 0) is 42.4 Å². The van der Waals surface area contributed by atoms with Crippen LogP contribution < -0.4 is 4.74 Å². The molecule has 0 atom stereocenters. The third-order valence-electron chi connectivity index (χ3n) is 3.00. The number of hydrogen-bond donors (Lipinski definition) is 2. The number of unbranched alkanes of at least 4 members (excludes halogenated alkanes) is 1.